The van der Waals surface area contributed by atoms with Crippen LogP contribution in [0, 0.1) is 0 Å². The standard InChI is InChI=1S/C12H17NO/c1-3-5-8-11(14)12-10(4-2)7-6-9-13-12/h6-7,9H,3-5,8H2,1-2H3. The van der Waals surface area contributed by atoms with E-state index in [4.69, 9.17) is 0 Å². The lowest BCUT2D eigenvalue weighted by Gasteiger charge is -2.04. The third kappa shape index (κ3) is 2.66. The number of pyridine rings is 1. The Hall–Kier alpha value is -1.18. The lowest BCUT2D eigenvalue weighted by Crippen LogP contribution is -2.05. The molecule has 0 saturated heterocycles. The smallest absolute Gasteiger partial charge is 0.181 e. The van der Waals surface area contributed by atoms with Crippen molar-refractivity contribution in [2.45, 2.75) is 39.5 Å². The maximum absolute atomic E-state index is 11.7. The van der Waals surface area contributed by atoms with Gasteiger partial charge in [-0.1, -0.05) is 26.3 Å². The zero-order valence-electron chi connectivity index (χ0n) is 8.92. The van der Waals surface area contributed by atoms with Crippen LogP contribution < -0.4 is 0 Å². The van der Waals surface area contributed by atoms with Crippen molar-refractivity contribution in [3.05, 3.63) is 29.6 Å². The molecule has 14 heavy (non-hydrogen) atoms. The number of aromatic nitrogens is 1. The third-order valence-corrected chi connectivity index (χ3v) is 2.29. The number of nitrogens with zero attached hydrogens (tertiary/aromatic N) is 1. The predicted octanol–water partition coefficient (Wildman–Crippen LogP) is 3.02. The molecule has 2 heteroatoms. The normalized spacial score (nSPS) is 10.1. The van der Waals surface area contributed by atoms with Crippen LogP contribution >= 0.6 is 0 Å². The van der Waals surface area contributed by atoms with Gasteiger partial charge in [-0.3, -0.25) is 9.78 Å². The van der Waals surface area contributed by atoms with Gasteiger partial charge < -0.3 is 0 Å². The fraction of sp³-hybridized carbons (Fsp3) is 0.500. The van der Waals surface area contributed by atoms with E-state index in [0.717, 1.165) is 24.8 Å². The van der Waals surface area contributed by atoms with Crippen LogP contribution in [0.2, 0.25) is 0 Å². The summed E-state index contributed by atoms with van der Waals surface area (Å²) in [6.45, 7) is 4.14. The summed E-state index contributed by atoms with van der Waals surface area (Å²) in [5.41, 5.74) is 1.73. The molecule has 0 saturated carbocycles. The first kappa shape index (κ1) is 10.9. The van der Waals surface area contributed by atoms with Gasteiger partial charge in [0.1, 0.15) is 5.69 Å². The molecule has 1 aromatic heterocycles. The first-order chi connectivity index (χ1) is 6.79. The van der Waals surface area contributed by atoms with Crippen LogP contribution in [-0.4, -0.2) is 10.8 Å². The highest BCUT2D eigenvalue weighted by molar-refractivity contribution is 5.95. The summed E-state index contributed by atoms with van der Waals surface area (Å²) in [7, 11) is 0. The maximum atomic E-state index is 11.7. The molecule has 0 unspecified atom stereocenters. The zero-order chi connectivity index (χ0) is 10.4. The number of hydrogen-bond donors (Lipinski definition) is 0. The van der Waals surface area contributed by atoms with E-state index in [-0.39, 0.29) is 5.78 Å². The lowest BCUT2D eigenvalue weighted by molar-refractivity contribution is 0.0974. The Labute approximate surface area is 85.4 Å². The van der Waals surface area contributed by atoms with Crippen molar-refractivity contribution in [1.29, 1.82) is 0 Å². The topological polar surface area (TPSA) is 30.0 Å². The minimum absolute atomic E-state index is 0.185. The van der Waals surface area contributed by atoms with Crippen molar-refractivity contribution in [1.82, 2.24) is 4.98 Å². The van der Waals surface area contributed by atoms with Gasteiger partial charge in [0.2, 0.25) is 0 Å². The van der Waals surface area contributed by atoms with Gasteiger partial charge in [0.15, 0.2) is 5.78 Å². The van der Waals surface area contributed by atoms with Gasteiger partial charge >= 0.3 is 0 Å². The molecular formula is C12H17NO. The number of rotatable bonds is 5. The lowest BCUT2D eigenvalue weighted by atomic mass is 10.0. The van der Waals surface area contributed by atoms with Crippen LogP contribution in [0.1, 0.15) is 49.2 Å². The molecule has 0 atom stereocenters. The Morgan fingerprint density at radius 2 is 2.21 bits per heavy atom. The van der Waals surface area contributed by atoms with Gasteiger partial charge in [-0.15, -0.1) is 0 Å². The molecule has 0 aromatic carbocycles. The molecule has 0 amide bonds. The molecule has 1 rings (SSSR count). The van der Waals surface area contributed by atoms with Crippen LogP contribution in [0.4, 0.5) is 0 Å². The van der Waals surface area contributed by atoms with Crippen LogP contribution in [0.25, 0.3) is 0 Å². The Morgan fingerprint density at radius 3 is 2.86 bits per heavy atom. The van der Waals surface area contributed by atoms with Crippen molar-refractivity contribution in [3.63, 3.8) is 0 Å². The number of Topliss-reactive ketones (excluding diaryl/α,β-unsaturated/α-hetero) is 1. The van der Waals surface area contributed by atoms with Crippen molar-refractivity contribution < 1.29 is 4.79 Å². The Morgan fingerprint density at radius 1 is 1.43 bits per heavy atom. The predicted molar refractivity (Wildman–Crippen MR) is 57.5 cm³/mol. The number of unbranched alkanes of at least 4 members (excludes halogenated alkanes) is 1. The Balaban J connectivity index is 2.78. The highest BCUT2D eigenvalue weighted by Crippen LogP contribution is 2.10. The number of hydrogen-bond acceptors (Lipinski definition) is 2. The highest BCUT2D eigenvalue weighted by Gasteiger charge is 2.10. The summed E-state index contributed by atoms with van der Waals surface area (Å²) in [4.78, 5) is 15.9. The average molecular weight is 191 g/mol. The third-order valence-electron chi connectivity index (χ3n) is 2.29. The molecule has 0 aliphatic carbocycles. The molecule has 0 fully saturated rings. The van der Waals surface area contributed by atoms with E-state index in [0.29, 0.717) is 12.1 Å². The average Bonchev–Trinajstić information content (AvgIpc) is 2.25. The van der Waals surface area contributed by atoms with E-state index < -0.39 is 0 Å². The number of ketones is 1. The maximum Gasteiger partial charge on any atom is 0.181 e. The van der Waals surface area contributed by atoms with Gasteiger partial charge in [0, 0.05) is 12.6 Å². The molecule has 0 spiro atoms. The molecular weight excluding hydrogens is 174 g/mol. The fourth-order valence-electron chi connectivity index (χ4n) is 1.43. The highest BCUT2D eigenvalue weighted by atomic mass is 16.1. The Bertz CT molecular complexity index is 307. The number of carbonyl (C=O) groups excluding carboxylic acids is 1. The molecule has 1 heterocycles. The van der Waals surface area contributed by atoms with E-state index in [1.807, 2.05) is 19.1 Å². The fourth-order valence-corrected chi connectivity index (χ4v) is 1.43. The summed E-state index contributed by atoms with van der Waals surface area (Å²) in [6.07, 6.45) is 5.21. The second-order valence-electron chi connectivity index (χ2n) is 3.39. The van der Waals surface area contributed by atoms with Crippen molar-refractivity contribution in [3.8, 4) is 0 Å². The van der Waals surface area contributed by atoms with Crippen molar-refractivity contribution >= 4 is 5.78 Å². The summed E-state index contributed by atoms with van der Waals surface area (Å²) < 4.78 is 0. The molecule has 0 aliphatic rings. The molecule has 1 aromatic rings. The van der Waals surface area contributed by atoms with E-state index >= 15 is 0 Å². The first-order valence-electron chi connectivity index (χ1n) is 5.26. The SMILES string of the molecule is CCCCC(=O)c1ncccc1CC. The molecule has 0 aliphatic heterocycles. The van der Waals surface area contributed by atoms with Crippen molar-refractivity contribution in [2.75, 3.05) is 0 Å². The number of carbonyl (C=O) groups is 1. The summed E-state index contributed by atoms with van der Waals surface area (Å²) in [5.74, 6) is 0.185. The monoisotopic (exact) mass is 191 g/mol. The molecule has 0 bridgehead atoms. The molecule has 2 nitrogen and oxygen atoms in total. The van der Waals surface area contributed by atoms with Crippen LogP contribution in [0.5, 0.6) is 0 Å². The second kappa shape index (κ2) is 5.53. The van der Waals surface area contributed by atoms with E-state index in [1.165, 1.54) is 0 Å². The van der Waals surface area contributed by atoms with Gasteiger partial charge in [-0.25, -0.2) is 0 Å². The minimum Gasteiger partial charge on any atom is -0.292 e. The summed E-state index contributed by atoms with van der Waals surface area (Å²) in [6, 6.07) is 3.86. The van der Waals surface area contributed by atoms with E-state index in [2.05, 4.69) is 11.9 Å². The van der Waals surface area contributed by atoms with Gasteiger partial charge in [-0.05, 0) is 24.5 Å². The summed E-state index contributed by atoms with van der Waals surface area (Å²) >= 11 is 0. The van der Waals surface area contributed by atoms with Crippen LogP contribution in [0.15, 0.2) is 18.3 Å². The van der Waals surface area contributed by atoms with E-state index in [1.54, 1.807) is 6.20 Å². The van der Waals surface area contributed by atoms with Crippen LogP contribution in [-0.2, 0) is 6.42 Å². The second-order valence-corrected chi connectivity index (χ2v) is 3.39. The van der Waals surface area contributed by atoms with Gasteiger partial charge in [0.05, 0.1) is 0 Å². The van der Waals surface area contributed by atoms with E-state index in [9.17, 15) is 4.79 Å². The quantitative estimate of drug-likeness (QED) is 0.670. The van der Waals surface area contributed by atoms with Crippen LogP contribution in [0.3, 0.4) is 0 Å². The molecule has 0 radical (unpaired) electrons. The first-order valence-corrected chi connectivity index (χ1v) is 5.26. The zero-order valence-corrected chi connectivity index (χ0v) is 8.92. The largest absolute Gasteiger partial charge is 0.292 e. The van der Waals surface area contributed by atoms with Gasteiger partial charge in [0.25, 0.3) is 0 Å². The molecule has 0 N–H and O–H groups in total. The number of aryl methyl sites for hydroxylation is 1. The minimum atomic E-state index is 0.185. The molecule has 76 valence electrons. The summed E-state index contributed by atoms with van der Waals surface area (Å²) in [5, 5.41) is 0. The Kier molecular flexibility index (Phi) is 4.30. The van der Waals surface area contributed by atoms with Gasteiger partial charge in [-0.2, -0.15) is 0 Å². The van der Waals surface area contributed by atoms with Crippen molar-refractivity contribution in [2.24, 2.45) is 0 Å².